The minimum atomic E-state index is -0.0189. The summed E-state index contributed by atoms with van der Waals surface area (Å²) in [7, 11) is 0. The number of rotatable bonds is 4. The molecule has 1 aromatic heterocycles. The first kappa shape index (κ1) is 19.1. The second-order valence-electron chi connectivity index (χ2n) is 7.47. The highest BCUT2D eigenvalue weighted by Crippen LogP contribution is 2.23. The summed E-state index contributed by atoms with van der Waals surface area (Å²) in [6, 6.07) is 17.6. The molecule has 0 aliphatic carbocycles. The fourth-order valence-corrected chi connectivity index (χ4v) is 4.03. The normalized spacial score (nSPS) is 17.4. The van der Waals surface area contributed by atoms with Gasteiger partial charge in [-0.3, -0.25) is 14.6 Å². The molecule has 1 aliphatic heterocycles. The largest absolute Gasteiger partial charge is 0.336 e. The van der Waals surface area contributed by atoms with Crippen LogP contribution in [0, 0.1) is 0 Å². The predicted molar refractivity (Wildman–Crippen MR) is 113 cm³/mol. The van der Waals surface area contributed by atoms with Crippen LogP contribution in [0.2, 0.25) is 0 Å². The Morgan fingerprint density at radius 2 is 1.93 bits per heavy atom. The van der Waals surface area contributed by atoms with E-state index in [1.54, 1.807) is 12.4 Å². The number of carbonyl (C=O) groups is 2. The lowest BCUT2D eigenvalue weighted by atomic mass is 10.0. The van der Waals surface area contributed by atoms with E-state index in [-0.39, 0.29) is 17.9 Å². The van der Waals surface area contributed by atoms with Gasteiger partial charge in [-0.2, -0.15) is 0 Å². The van der Waals surface area contributed by atoms with Crippen LogP contribution in [0.5, 0.6) is 0 Å². The molecule has 0 radical (unpaired) electrons. The van der Waals surface area contributed by atoms with Gasteiger partial charge in [0.25, 0.3) is 5.91 Å². The number of fused-ring (bicyclic) bond motifs is 1. The third-order valence-corrected chi connectivity index (χ3v) is 5.65. The lowest BCUT2D eigenvalue weighted by Crippen LogP contribution is -2.43. The molecule has 0 bridgehead atoms. The summed E-state index contributed by atoms with van der Waals surface area (Å²) in [6.07, 6.45) is 4.64. The average Bonchev–Trinajstić information content (AvgIpc) is 2.92. The van der Waals surface area contributed by atoms with E-state index in [1.807, 2.05) is 64.4 Å². The lowest BCUT2D eigenvalue weighted by Gasteiger charge is -2.31. The van der Waals surface area contributed by atoms with E-state index >= 15 is 0 Å². The van der Waals surface area contributed by atoms with Gasteiger partial charge in [-0.1, -0.05) is 49.4 Å². The smallest absolute Gasteiger partial charge is 0.254 e. The Balaban J connectivity index is 1.59. The molecule has 5 nitrogen and oxygen atoms in total. The van der Waals surface area contributed by atoms with E-state index in [4.69, 9.17) is 0 Å². The monoisotopic (exact) mass is 387 g/mol. The molecule has 0 unspecified atom stereocenters. The Kier molecular flexibility index (Phi) is 5.56. The van der Waals surface area contributed by atoms with Gasteiger partial charge in [0.1, 0.15) is 0 Å². The van der Waals surface area contributed by atoms with Crippen LogP contribution in [0.15, 0.2) is 67.0 Å². The first-order chi connectivity index (χ1) is 14.2. The zero-order chi connectivity index (χ0) is 20.2. The van der Waals surface area contributed by atoms with Crippen molar-refractivity contribution in [3.8, 4) is 0 Å². The molecule has 29 heavy (non-hydrogen) atoms. The summed E-state index contributed by atoms with van der Waals surface area (Å²) in [5.74, 6) is 0.0905. The Hall–Kier alpha value is -3.21. The van der Waals surface area contributed by atoms with Crippen molar-refractivity contribution in [2.24, 2.45) is 0 Å². The van der Waals surface area contributed by atoms with E-state index in [0.717, 1.165) is 22.8 Å². The maximum Gasteiger partial charge on any atom is 0.254 e. The van der Waals surface area contributed by atoms with Crippen molar-refractivity contribution in [1.29, 1.82) is 0 Å². The second kappa shape index (κ2) is 8.43. The van der Waals surface area contributed by atoms with E-state index in [9.17, 15) is 9.59 Å². The van der Waals surface area contributed by atoms with Gasteiger partial charge in [-0.15, -0.1) is 0 Å². The van der Waals surface area contributed by atoms with E-state index < -0.39 is 0 Å². The summed E-state index contributed by atoms with van der Waals surface area (Å²) in [5.41, 5.74) is 1.78. The molecule has 1 saturated heterocycles. The molecule has 148 valence electrons. The number of carbonyl (C=O) groups excluding carboxylic acids is 2. The minimum Gasteiger partial charge on any atom is -0.336 e. The summed E-state index contributed by atoms with van der Waals surface area (Å²) < 4.78 is 0. The van der Waals surface area contributed by atoms with E-state index in [2.05, 4.69) is 11.9 Å². The van der Waals surface area contributed by atoms with Crippen LogP contribution < -0.4 is 0 Å². The van der Waals surface area contributed by atoms with Crippen LogP contribution in [0.25, 0.3) is 10.8 Å². The number of aromatic nitrogens is 1. The SMILES string of the molecule is CC[C@@H]1CN(C(=O)c2cccc3cnccc23)CCC(=O)N1Cc1ccccc1. The molecule has 2 aromatic carbocycles. The van der Waals surface area contributed by atoms with Crippen molar-refractivity contribution in [2.75, 3.05) is 13.1 Å². The van der Waals surface area contributed by atoms with E-state index in [0.29, 0.717) is 31.6 Å². The summed E-state index contributed by atoms with van der Waals surface area (Å²) >= 11 is 0. The molecule has 0 spiro atoms. The van der Waals surface area contributed by atoms with Crippen LogP contribution in [-0.4, -0.2) is 45.7 Å². The lowest BCUT2D eigenvalue weighted by molar-refractivity contribution is -0.133. The maximum absolute atomic E-state index is 13.4. The van der Waals surface area contributed by atoms with Crippen molar-refractivity contribution >= 4 is 22.6 Å². The topological polar surface area (TPSA) is 53.5 Å². The number of hydrogen-bond acceptors (Lipinski definition) is 3. The second-order valence-corrected chi connectivity index (χ2v) is 7.47. The Labute approximate surface area is 171 Å². The maximum atomic E-state index is 13.4. The highest BCUT2D eigenvalue weighted by Gasteiger charge is 2.31. The first-order valence-corrected chi connectivity index (χ1v) is 10.1. The van der Waals surface area contributed by atoms with Crippen LogP contribution in [0.4, 0.5) is 0 Å². The van der Waals surface area contributed by atoms with Crippen molar-refractivity contribution in [3.63, 3.8) is 0 Å². The zero-order valence-corrected chi connectivity index (χ0v) is 16.6. The van der Waals surface area contributed by atoms with Gasteiger partial charge in [0, 0.05) is 55.4 Å². The third kappa shape index (κ3) is 3.99. The standard InChI is InChI=1S/C24H25N3O2/c1-2-20-17-26(14-12-23(28)27(20)16-18-7-4-3-5-8-18)24(29)22-10-6-9-19-15-25-13-11-21(19)22/h3-11,13,15,20H,2,12,14,16-17H2,1H3/t20-/m1/s1. The molecule has 5 heteroatoms. The number of pyridine rings is 1. The predicted octanol–water partition coefficient (Wildman–Crippen LogP) is 3.89. The quantitative estimate of drug-likeness (QED) is 0.682. The molecule has 0 N–H and O–H groups in total. The fourth-order valence-electron chi connectivity index (χ4n) is 4.03. The minimum absolute atomic E-state index is 0.00537. The summed E-state index contributed by atoms with van der Waals surface area (Å²) in [4.78, 5) is 34.2. The summed E-state index contributed by atoms with van der Waals surface area (Å²) in [6.45, 7) is 3.66. The molecule has 1 atom stereocenters. The molecule has 2 heterocycles. The zero-order valence-electron chi connectivity index (χ0n) is 16.6. The molecule has 4 rings (SSSR count). The van der Waals surface area contributed by atoms with Gasteiger partial charge < -0.3 is 9.80 Å². The highest BCUT2D eigenvalue weighted by molar-refractivity contribution is 6.07. The van der Waals surface area contributed by atoms with Gasteiger partial charge >= 0.3 is 0 Å². The van der Waals surface area contributed by atoms with Gasteiger partial charge in [-0.25, -0.2) is 0 Å². The van der Waals surface area contributed by atoms with Crippen molar-refractivity contribution < 1.29 is 9.59 Å². The molecule has 3 aromatic rings. The number of hydrogen-bond donors (Lipinski definition) is 0. The number of amides is 2. The van der Waals surface area contributed by atoms with Crippen molar-refractivity contribution in [2.45, 2.75) is 32.4 Å². The van der Waals surface area contributed by atoms with Gasteiger partial charge in [0.2, 0.25) is 5.91 Å². The van der Waals surface area contributed by atoms with Crippen molar-refractivity contribution in [3.05, 3.63) is 78.1 Å². The van der Waals surface area contributed by atoms with Crippen LogP contribution in [-0.2, 0) is 11.3 Å². The number of nitrogens with zero attached hydrogens (tertiary/aromatic N) is 3. The van der Waals surface area contributed by atoms with Gasteiger partial charge in [0.05, 0.1) is 0 Å². The Bertz CT molecular complexity index is 1010. The molecule has 1 fully saturated rings. The Morgan fingerprint density at radius 1 is 1.10 bits per heavy atom. The number of benzene rings is 2. The van der Waals surface area contributed by atoms with Crippen molar-refractivity contribution in [1.82, 2.24) is 14.8 Å². The first-order valence-electron chi connectivity index (χ1n) is 10.1. The molecular formula is C24H25N3O2. The highest BCUT2D eigenvalue weighted by atomic mass is 16.2. The average molecular weight is 387 g/mol. The third-order valence-electron chi connectivity index (χ3n) is 5.65. The van der Waals surface area contributed by atoms with E-state index in [1.165, 1.54) is 0 Å². The van der Waals surface area contributed by atoms with Crippen LogP contribution >= 0.6 is 0 Å². The van der Waals surface area contributed by atoms with Gasteiger partial charge in [-0.05, 0) is 29.5 Å². The molecule has 2 amide bonds. The molecule has 1 aliphatic rings. The summed E-state index contributed by atoms with van der Waals surface area (Å²) in [5, 5.41) is 1.85. The van der Waals surface area contributed by atoms with Crippen LogP contribution in [0.1, 0.15) is 35.7 Å². The fraction of sp³-hybridized carbons (Fsp3) is 0.292. The Morgan fingerprint density at radius 3 is 2.72 bits per heavy atom. The molecular weight excluding hydrogens is 362 g/mol. The van der Waals surface area contributed by atoms with Gasteiger partial charge in [0.15, 0.2) is 0 Å². The molecule has 0 saturated carbocycles. The van der Waals surface area contributed by atoms with Crippen LogP contribution in [0.3, 0.4) is 0 Å².